The molecule has 0 aromatic heterocycles. The fraction of sp³-hybridized carbons (Fsp3) is 0.462. The summed E-state index contributed by atoms with van der Waals surface area (Å²) in [6, 6.07) is 6.09. The first kappa shape index (κ1) is 12.8. The summed E-state index contributed by atoms with van der Waals surface area (Å²) in [6.07, 6.45) is 0. The van der Waals surface area contributed by atoms with Crippen molar-refractivity contribution < 1.29 is 9.18 Å². The summed E-state index contributed by atoms with van der Waals surface area (Å²) in [7, 11) is 3.67. The highest BCUT2D eigenvalue weighted by Crippen LogP contribution is 2.22. The van der Waals surface area contributed by atoms with Crippen LogP contribution in [0.3, 0.4) is 0 Å². The third-order valence-electron chi connectivity index (χ3n) is 3.14. The van der Waals surface area contributed by atoms with E-state index in [1.165, 1.54) is 12.1 Å². The van der Waals surface area contributed by atoms with E-state index in [-0.39, 0.29) is 11.8 Å². The van der Waals surface area contributed by atoms with Crippen LogP contribution in [-0.4, -0.2) is 44.7 Å². The SMILES string of the molecule is CNCC1CN(C)C(=O)N(c2cccc(F)c2)C1. The van der Waals surface area contributed by atoms with Crippen molar-refractivity contribution in [2.45, 2.75) is 0 Å². The number of benzene rings is 1. The largest absolute Gasteiger partial charge is 0.327 e. The van der Waals surface area contributed by atoms with Gasteiger partial charge in [-0.2, -0.15) is 0 Å². The van der Waals surface area contributed by atoms with Crippen molar-refractivity contribution in [2.75, 3.05) is 38.6 Å². The van der Waals surface area contributed by atoms with Gasteiger partial charge in [-0.3, -0.25) is 4.90 Å². The predicted molar refractivity (Wildman–Crippen MR) is 69.2 cm³/mol. The van der Waals surface area contributed by atoms with Crippen LogP contribution in [0, 0.1) is 11.7 Å². The molecule has 0 aliphatic carbocycles. The van der Waals surface area contributed by atoms with Crippen LogP contribution in [0.2, 0.25) is 0 Å². The molecular weight excluding hydrogens is 233 g/mol. The Labute approximate surface area is 106 Å². The Morgan fingerprint density at radius 1 is 1.44 bits per heavy atom. The van der Waals surface area contributed by atoms with Crippen LogP contribution in [0.1, 0.15) is 0 Å². The summed E-state index contributed by atoms with van der Waals surface area (Å²) < 4.78 is 13.2. The van der Waals surface area contributed by atoms with E-state index in [9.17, 15) is 9.18 Å². The molecule has 0 bridgehead atoms. The molecule has 2 rings (SSSR count). The molecule has 1 aliphatic heterocycles. The highest BCUT2D eigenvalue weighted by molar-refractivity contribution is 5.92. The molecule has 1 aliphatic rings. The Kier molecular flexibility index (Phi) is 3.81. The Morgan fingerprint density at radius 3 is 2.89 bits per heavy atom. The number of nitrogens with zero attached hydrogens (tertiary/aromatic N) is 2. The van der Waals surface area contributed by atoms with Gasteiger partial charge in [0.2, 0.25) is 0 Å². The second-order valence-electron chi connectivity index (χ2n) is 4.68. The lowest BCUT2D eigenvalue weighted by molar-refractivity contribution is 0.192. The fourth-order valence-electron chi connectivity index (χ4n) is 2.34. The van der Waals surface area contributed by atoms with E-state index in [2.05, 4.69) is 5.32 Å². The third kappa shape index (κ3) is 2.61. The lowest BCUT2D eigenvalue weighted by Gasteiger charge is -2.38. The number of carbonyl (C=O) groups excluding carboxylic acids is 1. The molecule has 1 aromatic rings. The molecule has 0 saturated carbocycles. The number of amides is 2. The van der Waals surface area contributed by atoms with E-state index in [4.69, 9.17) is 0 Å². The minimum absolute atomic E-state index is 0.0760. The van der Waals surface area contributed by atoms with Gasteiger partial charge in [0.25, 0.3) is 0 Å². The number of hydrogen-bond donors (Lipinski definition) is 1. The van der Waals surface area contributed by atoms with Gasteiger partial charge in [-0.25, -0.2) is 9.18 Å². The molecule has 4 nitrogen and oxygen atoms in total. The summed E-state index contributed by atoms with van der Waals surface area (Å²) in [4.78, 5) is 15.4. The average molecular weight is 251 g/mol. The molecule has 1 unspecified atom stereocenters. The highest BCUT2D eigenvalue weighted by Gasteiger charge is 2.30. The standard InChI is InChI=1S/C13H18FN3O/c1-15-7-10-8-16(2)13(18)17(9-10)12-5-3-4-11(14)6-12/h3-6,10,15H,7-9H2,1-2H3. The van der Waals surface area contributed by atoms with Gasteiger partial charge < -0.3 is 10.2 Å². The van der Waals surface area contributed by atoms with Gasteiger partial charge in [-0.05, 0) is 25.2 Å². The molecule has 1 aromatic carbocycles. The molecule has 1 fully saturated rings. The van der Waals surface area contributed by atoms with Crippen LogP contribution in [-0.2, 0) is 0 Å². The number of urea groups is 1. The van der Waals surface area contributed by atoms with Gasteiger partial charge in [0.15, 0.2) is 0 Å². The first-order chi connectivity index (χ1) is 8.61. The third-order valence-corrected chi connectivity index (χ3v) is 3.14. The van der Waals surface area contributed by atoms with Crippen molar-refractivity contribution >= 4 is 11.7 Å². The van der Waals surface area contributed by atoms with Crippen LogP contribution in [0.15, 0.2) is 24.3 Å². The van der Waals surface area contributed by atoms with Crippen molar-refractivity contribution in [1.29, 1.82) is 0 Å². The first-order valence-corrected chi connectivity index (χ1v) is 6.04. The zero-order chi connectivity index (χ0) is 13.1. The molecule has 0 radical (unpaired) electrons. The van der Waals surface area contributed by atoms with Crippen LogP contribution in [0.25, 0.3) is 0 Å². The topological polar surface area (TPSA) is 35.6 Å². The van der Waals surface area contributed by atoms with E-state index in [1.807, 2.05) is 7.05 Å². The van der Waals surface area contributed by atoms with Crippen molar-refractivity contribution in [1.82, 2.24) is 10.2 Å². The van der Waals surface area contributed by atoms with Gasteiger partial charge in [0, 0.05) is 38.3 Å². The maximum absolute atomic E-state index is 13.2. The average Bonchev–Trinajstić information content (AvgIpc) is 2.34. The molecule has 98 valence electrons. The Balaban J connectivity index is 2.21. The number of halogens is 1. The van der Waals surface area contributed by atoms with Crippen LogP contribution in [0.5, 0.6) is 0 Å². The molecule has 1 N–H and O–H groups in total. The van der Waals surface area contributed by atoms with Gasteiger partial charge in [-0.15, -0.1) is 0 Å². The van der Waals surface area contributed by atoms with E-state index in [0.29, 0.717) is 18.2 Å². The molecular formula is C13H18FN3O. The molecule has 18 heavy (non-hydrogen) atoms. The predicted octanol–water partition coefficient (Wildman–Crippen LogP) is 1.53. The number of carbonyl (C=O) groups is 1. The summed E-state index contributed by atoms with van der Waals surface area (Å²) in [6.45, 7) is 2.18. The van der Waals surface area contributed by atoms with E-state index in [1.54, 1.807) is 29.0 Å². The lowest BCUT2D eigenvalue weighted by atomic mass is 10.1. The second-order valence-corrected chi connectivity index (χ2v) is 4.68. The highest BCUT2D eigenvalue weighted by atomic mass is 19.1. The van der Waals surface area contributed by atoms with Crippen molar-refractivity contribution in [3.8, 4) is 0 Å². The summed E-state index contributed by atoms with van der Waals surface area (Å²) >= 11 is 0. The smallest absolute Gasteiger partial charge is 0.324 e. The van der Waals surface area contributed by atoms with Crippen molar-refractivity contribution in [3.63, 3.8) is 0 Å². The Hall–Kier alpha value is -1.62. The van der Waals surface area contributed by atoms with Gasteiger partial charge in [0.05, 0.1) is 0 Å². The molecule has 1 atom stereocenters. The summed E-state index contributed by atoms with van der Waals surface area (Å²) in [5.41, 5.74) is 0.618. The minimum atomic E-state index is -0.321. The maximum Gasteiger partial charge on any atom is 0.324 e. The fourth-order valence-corrected chi connectivity index (χ4v) is 2.34. The lowest BCUT2D eigenvalue weighted by Crippen LogP contribution is -2.53. The quantitative estimate of drug-likeness (QED) is 0.884. The molecule has 1 saturated heterocycles. The zero-order valence-electron chi connectivity index (χ0n) is 10.7. The maximum atomic E-state index is 13.2. The normalized spacial score (nSPS) is 20.4. The van der Waals surface area contributed by atoms with E-state index in [0.717, 1.165) is 13.1 Å². The number of nitrogens with one attached hydrogen (secondary N) is 1. The van der Waals surface area contributed by atoms with Crippen LogP contribution < -0.4 is 10.2 Å². The molecule has 5 heteroatoms. The monoisotopic (exact) mass is 251 g/mol. The Morgan fingerprint density at radius 2 is 2.22 bits per heavy atom. The number of hydrogen-bond acceptors (Lipinski definition) is 2. The summed E-state index contributed by atoms with van der Waals surface area (Å²) in [5.74, 6) is 0.0275. The van der Waals surface area contributed by atoms with Crippen molar-refractivity contribution in [2.24, 2.45) is 5.92 Å². The van der Waals surface area contributed by atoms with Gasteiger partial charge >= 0.3 is 6.03 Å². The molecule has 2 amide bonds. The van der Waals surface area contributed by atoms with Gasteiger partial charge in [-0.1, -0.05) is 6.07 Å². The summed E-state index contributed by atoms with van der Waals surface area (Å²) in [5, 5.41) is 3.12. The van der Waals surface area contributed by atoms with Crippen LogP contribution >= 0.6 is 0 Å². The van der Waals surface area contributed by atoms with Crippen molar-refractivity contribution in [3.05, 3.63) is 30.1 Å². The molecule has 0 spiro atoms. The first-order valence-electron chi connectivity index (χ1n) is 6.04. The minimum Gasteiger partial charge on any atom is -0.327 e. The zero-order valence-corrected chi connectivity index (χ0v) is 10.7. The number of rotatable bonds is 3. The Bertz CT molecular complexity index is 438. The van der Waals surface area contributed by atoms with Crippen LogP contribution in [0.4, 0.5) is 14.9 Å². The molecule has 1 heterocycles. The van der Waals surface area contributed by atoms with Gasteiger partial charge in [0.1, 0.15) is 5.82 Å². The van der Waals surface area contributed by atoms with E-state index >= 15 is 0 Å². The van der Waals surface area contributed by atoms with E-state index < -0.39 is 0 Å². The second kappa shape index (κ2) is 5.35. The number of anilines is 1.